The predicted molar refractivity (Wildman–Crippen MR) is 69.4 cm³/mol. The first-order valence-electron chi connectivity index (χ1n) is 5.03. The Morgan fingerprint density at radius 1 is 1.59 bits per heavy atom. The number of hydrogen-bond acceptors (Lipinski definition) is 5. The summed E-state index contributed by atoms with van der Waals surface area (Å²) in [6.07, 6.45) is 1.53. The molecule has 1 unspecified atom stereocenters. The SMILES string of the molecule is CC(c1cccs1)N(C)C(=O)Nc1cnns1. The lowest BCUT2D eigenvalue weighted by Crippen LogP contribution is -2.33. The largest absolute Gasteiger partial charge is 0.322 e. The van der Waals surface area contributed by atoms with Gasteiger partial charge in [0.25, 0.3) is 0 Å². The van der Waals surface area contributed by atoms with Crippen LogP contribution in [0, 0.1) is 0 Å². The summed E-state index contributed by atoms with van der Waals surface area (Å²) in [7, 11) is 1.77. The molecule has 90 valence electrons. The Balaban J connectivity index is 2.00. The third-order valence-corrected chi connectivity index (χ3v) is 4.07. The number of carbonyl (C=O) groups is 1. The molecular formula is C10H12N4OS2. The fourth-order valence-electron chi connectivity index (χ4n) is 1.31. The number of anilines is 1. The normalized spacial score (nSPS) is 12.1. The average Bonchev–Trinajstić information content (AvgIpc) is 2.99. The van der Waals surface area contributed by atoms with E-state index in [2.05, 4.69) is 14.9 Å². The molecule has 2 heterocycles. The maximum Gasteiger partial charge on any atom is 0.322 e. The summed E-state index contributed by atoms with van der Waals surface area (Å²) in [4.78, 5) is 14.7. The zero-order chi connectivity index (χ0) is 12.3. The first-order valence-corrected chi connectivity index (χ1v) is 6.68. The molecule has 1 N–H and O–H groups in total. The predicted octanol–water partition coefficient (Wildman–Crippen LogP) is 2.82. The molecule has 1 atom stereocenters. The second-order valence-corrected chi connectivity index (χ2v) is 5.28. The molecule has 0 bridgehead atoms. The minimum Gasteiger partial charge on any atom is -0.320 e. The van der Waals surface area contributed by atoms with Crippen molar-refractivity contribution < 1.29 is 4.79 Å². The molecule has 7 heteroatoms. The third kappa shape index (κ3) is 2.80. The Morgan fingerprint density at radius 2 is 2.41 bits per heavy atom. The molecule has 17 heavy (non-hydrogen) atoms. The van der Waals surface area contributed by atoms with E-state index in [0.29, 0.717) is 5.00 Å². The smallest absolute Gasteiger partial charge is 0.320 e. The van der Waals surface area contributed by atoms with Gasteiger partial charge >= 0.3 is 6.03 Å². The lowest BCUT2D eigenvalue weighted by molar-refractivity contribution is 0.209. The Hall–Kier alpha value is -1.47. The van der Waals surface area contributed by atoms with Gasteiger partial charge in [0.1, 0.15) is 5.00 Å². The monoisotopic (exact) mass is 268 g/mol. The topological polar surface area (TPSA) is 58.1 Å². The van der Waals surface area contributed by atoms with Crippen molar-refractivity contribution in [2.45, 2.75) is 13.0 Å². The van der Waals surface area contributed by atoms with Gasteiger partial charge in [-0.25, -0.2) is 4.79 Å². The molecule has 2 rings (SSSR count). The van der Waals surface area contributed by atoms with Crippen LogP contribution in [0.4, 0.5) is 9.80 Å². The molecule has 5 nitrogen and oxygen atoms in total. The lowest BCUT2D eigenvalue weighted by Gasteiger charge is -2.23. The first-order chi connectivity index (χ1) is 8.18. The van der Waals surface area contributed by atoms with Gasteiger partial charge in [0, 0.05) is 23.5 Å². The molecule has 0 spiro atoms. The van der Waals surface area contributed by atoms with Crippen molar-refractivity contribution in [2.75, 3.05) is 12.4 Å². The maximum absolute atomic E-state index is 11.9. The highest BCUT2D eigenvalue weighted by Crippen LogP contribution is 2.24. The number of nitrogens with zero attached hydrogens (tertiary/aromatic N) is 3. The highest BCUT2D eigenvalue weighted by molar-refractivity contribution is 7.10. The first kappa shape index (κ1) is 12.0. The summed E-state index contributed by atoms with van der Waals surface area (Å²) in [5.41, 5.74) is 0. The maximum atomic E-state index is 11.9. The van der Waals surface area contributed by atoms with Crippen molar-refractivity contribution in [3.63, 3.8) is 0 Å². The fraction of sp³-hybridized carbons (Fsp3) is 0.300. The second-order valence-electron chi connectivity index (χ2n) is 3.51. The number of thiophene rings is 1. The standard InChI is InChI=1S/C10H12N4OS2/c1-7(8-4-3-5-16-8)14(2)10(15)12-9-6-11-13-17-9/h3-7H,1-2H3,(H,12,15). The van der Waals surface area contributed by atoms with Gasteiger partial charge in [-0.1, -0.05) is 10.6 Å². The number of amides is 2. The fourth-order valence-corrected chi connectivity index (χ4v) is 2.55. The summed E-state index contributed by atoms with van der Waals surface area (Å²) in [5.74, 6) is 0. The molecule has 0 radical (unpaired) electrons. The van der Waals surface area contributed by atoms with Crippen molar-refractivity contribution in [1.82, 2.24) is 14.5 Å². The van der Waals surface area contributed by atoms with Crippen molar-refractivity contribution in [1.29, 1.82) is 0 Å². The molecule has 0 aliphatic heterocycles. The zero-order valence-corrected chi connectivity index (χ0v) is 11.1. The van der Waals surface area contributed by atoms with E-state index in [-0.39, 0.29) is 12.1 Å². The Kier molecular flexibility index (Phi) is 3.70. The van der Waals surface area contributed by atoms with E-state index < -0.39 is 0 Å². The van der Waals surface area contributed by atoms with E-state index in [4.69, 9.17) is 0 Å². The number of hydrogen-bond donors (Lipinski definition) is 1. The molecule has 0 aromatic carbocycles. The van der Waals surface area contributed by atoms with Crippen LogP contribution in [0.25, 0.3) is 0 Å². The molecule has 2 aromatic rings. The van der Waals surface area contributed by atoms with Crippen LogP contribution in [0.2, 0.25) is 0 Å². The Morgan fingerprint density at radius 3 is 3.00 bits per heavy atom. The van der Waals surface area contributed by atoms with E-state index in [1.807, 2.05) is 24.4 Å². The van der Waals surface area contributed by atoms with Crippen molar-refractivity contribution in [3.05, 3.63) is 28.6 Å². The number of urea groups is 1. The van der Waals surface area contributed by atoms with Gasteiger partial charge in [0.15, 0.2) is 0 Å². The summed E-state index contributed by atoms with van der Waals surface area (Å²) >= 11 is 2.80. The van der Waals surface area contributed by atoms with Gasteiger partial charge in [0.05, 0.1) is 12.2 Å². The molecule has 0 saturated heterocycles. The van der Waals surface area contributed by atoms with Crippen LogP contribution in [0.15, 0.2) is 23.7 Å². The van der Waals surface area contributed by atoms with Crippen LogP contribution in [-0.4, -0.2) is 27.6 Å². The third-order valence-electron chi connectivity index (χ3n) is 2.45. The van der Waals surface area contributed by atoms with Crippen molar-refractivity contribution in [3.8, 4) is 0 Å². The van der Waals surface area contributed by atoms with Crippen LogP contribution in [-0.2, 0) is 0 Å². The van der Waals surface area contributed by atoms with Crippen molar-refractivity contribution >= 4 is 33.9 Å². The molecule has 0 saturated carbocycles. The van der Waals surface area contributed by atoms with Crippen LogP contribution in [0.5, 0.6) is 0 Å². The highest BCUT2D eigenvalue weighted by Gasteiger charge is 2.18. The molecule has 0 aliphatic rings. The summed E-state index contributed by atoms with van der Waals surface area (Å²) in [5, 5.41) is 9.07. The zero-order valence-electron chi connectivity index (χ0n) is 9.45. The van der Waals surface area contributed by atoms with Crippen LogP contribution in [0.3, 0.4) is 0 Å². The van der Waals surface area contributed by atoms with Gasteiger partial charge in [-0.3, -0.25) is 5.32 Å². The molecular weight excluding hydrogens is 256 g/mol. The van der Waals surface area contributed by atoms with Gasteiger partial charge in [0.2, 0.25) is 0 Å². The lowest BCUT2D eigenvalue weighted by atomic mass is 10.2. The second kappa shape index (κ2) is 5.24. The average molecular weight is 268 g/mol. The number of carbonyl (C=O) groups excluding carboxylic acids is 1. The van der Waals surface area contributed by atoms with E-state index in [0.717, 1.165) is 16.4 Å². The summed E-state index contributed by atoms with van der Waals surface area (Å²) in [6, 6.07) is 3.90. The Bertz CT molecular complexity index is 468. The Labute approximate surface area is 107 Å². The van der Waals surface area contributed by atoms with E-state index in [1.54, 1.807) is 23.3 Å². The number of rotatable bonds is 3. The summed E-state index contributed by atoms with van der Waals surface area (Å²) in [6.45, 7) is 2.00. The van der Waals surface area contributed by atoms with E-state index >= 15 is 0 Å². The van der Waals surface area contributed by atoms with E-state index in [1.165, 1.54) is 6.20 Å². The highest BCUT2D eigenvalue weighted by atomic mass is 32.1. The molecule has 0 fully saturated rings. The minimum atomic E-state index is -0.156. The number of nitrogens with one attached hydrogen (secondary N) is 1. The van der Waals surface area contributed by atoms with Gasteiger partial charge in [-0.05, 0) is 18.4 Å². The van der Waals surface area contributed by atoms with Crippen LogP contribution >= 0.6 is 22.9 Å². The van der Waals surface area contributed by atoms with Gasteiger partial charge < -0.3 is 4.90 Å². The summed E-state index contributed by atoms with van der Waals surface area (Å²) < 4.78 is 3.69. The number of aromatic nitrogens is 2. The molecule has 2 aromatic heterocycles. The van der Waals surface area contributed by atoms with Crippen molar-refractivity contribution in [2.24, 2.45) is 0 Å². The van der Waals surface area contributed by atoms with Gasteiger partial charge in [-0.15, -0.1) is 16.4 Å². The molecule has 2 amide bonds. The van der Waals surface area contributed by atoms with Crippen LogP contribution in [0.1, 0.15) is 17.8 Å². The van der Waals surface area contributed by atoms with E-state index in [9.17, 15) is 4.79 Å². The van der Waals surface area contributed by atoms with Gasteiger partial charge in [-0.2, -0.15) is 0 Å². The minimum absolute atomic E-state index is 0.0517. The molecule has 0 aliphatic carbocycles. The quantitative estimate of drug-likeness (QED) is 0.931. The van der Waals surface area contributed by atoms with Crippen LogP contribution < -0.4 is 5.32 Å².